The summed E-state index contributed by atoms with van der Waals surface area (Å²) in [7, 11) is 0. The molecule has 9 heavy (non-hydrogen) atoms. The van der Waals surface area contributed by atoms with Crippen LogP contribution in [0.5, 0.6) is 0 Å². The molecule has 0 aromatic carbocycles. The summed E-state index contributed by atoms with van der Waals surface area (Å²) in [6, 6.07) is 0. The lowest BCUT2D eigenvalue weighted by molar-refractivity contribution is 0.860. The number of hydrogen-bond acceptors (Lipinski definition) is 1. The maximum Gasteiger partial charge on any atom is 0.228 e. The van der Waals surface area contributed by atoms with E-state index in [9.17, 15) is 0 Å². The molecule has 0 atom stereocenters. The SMILES string of the molecule is CC(C)C(=N)C(Cl)(Cl)Cl. The quantitative estimate of drug-likeness (QED) is 0.483. The van der Waals surface area contributed by atoms with Crippen molar-refractivity contribution >= 4 is 40.5 Å². The van der Waals surface area contributed by atoms with Crippen LogP contribution in [0.1, 0.15) is 13.8 Å². The van der Waals surface area contributed by atoms with E-state index in [1.165, 1.54) is 0 Å². The van der Waals surface area contributed by atoms with Crippen LogP contribution in [-0.2, 0) is 0 Å². The van der Waals surface area contributed by atoms with E-state index in [4.69, 9.17) is 40.2 Å². The molecular weight excluding hydrogens is 180 g/mol. The number of nitrogens with one attached hydrogen (secondary N) is 1. The van der Waals surface area contributed by atoms with Gasteiger partial charge in [-0.2, -0.15) is 0 Å². The second kappa shape index (κ2) is 3.09. The van der Waals surface area contributed by atoms with Gasteiger partial charge in [0.15, 0.2) is 0 Å². The average Bonchev–Trinajstić information content (AvgIpc) is 1.62. The van der Waals surface area contributed by atoms with Crippen molar-refractivity contribution in [1.29, 1.82) is 5.41 Å². The first-order chi connectivity index (χ1) is 3.85. The summed E-state index contributed by atoms with van der Waals surface area (Å²) in [5, 5.41) is 7.20. The Bertz CT molecular complexity index is 114. The molecule has 0 rings (SSSR count). The third-order valence-electron chi connectivity index (χ3n) is 0.883. The van der Waals surface area contributed by atoms with Crippen LogP contribution >= 0.6 is 34.8 Å². The Kier molecular flexibility index (Phi) is 3.27. The van der Waals surface area contributed by atoms with Crippen molar-refractivity contribution in [2.45, 2.75) is 17.6 Å². The molecule has 0 heterocycles. The minimum absolute atomic E-state index is 0.00231. The highest BCUT2D eigenvalue weighted by Crippen LogP contribution is 2.29. The van der Waals surface area contributed by atoms with Crippen LogP contribution in [0.3, 0.4) is 0 Å². The molecule has 0 fully saturated rings. The van der Waals surface area contributed by atoms with Gasteiger partial charge in [-0.25, -0.2) is 0 Å². The summed E-state index contributed by atoms with van der Waals surface area (Å²) in [5.41, 5.74) is 0.132. The average molecular weight is 188 g/mol. The normalized spacial score (nSPS) is 12.2. The molecule has 4 heteroatoms. The Morgan fingerprint density at radius 1 is 1.33 bits per heavy atom. The maximum absolute atomic E-state index is 7.20. The number of alkyl halides is 3. The number of halogens is 3. The smallest absolute Gasteiger partial charge is 0.228 e. The van der Waals surface area contributed by atoms with Gasteiger partial charge in [-0.3, -0.25) is 0 Å². The van der Waals surface area contributed by atoms with Crippen molar-refractivity contribution < 1.29 is 0 Å². The molecule has 0 unspecified atom stereocenters. The van der Waals surface area contributed by atoms with Gasteiger partial charge in [-0.05, 0) is 5.92 Å². The van der Waals surface area contributed by atoms with Crippen molar-refractivity contribution in [3.8, 4) is 0 Å². The second-order valence-electron chi connectivity index (χ2n) is 2.07. The molecule has 0 aromatic rings. The van der Waals surface area contributed by atoms with Crippen LogP contribution < -0.4 is 0 Å². The van der Waals surface area contributed by atoms with Crippen LogP contribution in [0.2, 0.25) is 0 Å². The largest absolute Gasteiger partial charge is 0.305 e. The van der Waals surface area contributed by atoms with E-state index in [1.54, 1.807) is 0 Å². The van der Waals surface area contributed by atoms with Gasteiger partial charge >= 0.3 is 0 Å². The van der Waals surface area contributed by atoms with E-state index in [-0.39, 0.29) is 11.6 Å². The van der Waals surface area contributed by atoms with Gasteiger partial charge in [0.25, 0.3) is 0 Å². The minimum atomic E-state index is -1.52. The van der Waals surface area contributed by atoms with E-state index >= 15 is 0 Å². The minimum Gasteiger partial charge on any atom is -0.305 e. The predicted octanol–water partition coefficient (Wildman–Crippen LogP) is 3.03. The lowest BCUT2D eigenvalue weighted by Gasteiger charge is -2.14. The summed E-state index contributed by atoms with van der Waals surface area (Å²) in [4.78, 5) is 0. The highest BCUT2D eigenvalue weighted by Gasteiger charge is 2.27. The van der Waals surface area contributed by atoms with Gasteiger partial charge in [0.2, 0.25) is 3.79 Å². The topological polar surface area (TPSA) is 23.9 Å². The Hall–Kier alpha value is 0.540. The fourth-order valence-electron chi connectivity index (χ4n) is 0.327. The van der Waals surface area contributed by atoms with Crippen molar-refractivity contribution in [1.82, 2.24) is 0 Å². The Labute approximate surface area is 69.8 Å². The first-order valence-electron chi connectivity index (χ1n) is 2.51. The standard InChI is InChI=1S/C5H8Cl3N/c1-3(2)4(9)5(6,7)8/h3,9H,1-2H3. The van der Waals surface area contributed by atoms with Crippen molar-refractivity contribution in [3.05, 3.63) is 0 Å². The summed E-state index contributed by atoms with van der Waals surface area (Å²) in [6.45, 7) is 3.62. The third kappa shape index (κ3) is 3.29. The molecule has 0 amide bonds. The zero-order chi connectivity index (χ0) is 7.65. The summed E-state index contributed by atoms with van der Waals surface area (Å²) in [6.07, 6.45) is 0. The van der Waals surface area contributed by atoms with Gasteiger partial charge in [0.05, 0.1) is 5.71 Å². The fraction of sp³-hybridized carbons (Fsp3) is 0.800. The van der Waals surface area contributed by atoms with E-state index < -0.39 is 3.79 Å². The molecular formula is C5H8Cl3N. The first-order valence-corrected chi connectivity index (χ1v) is 3.64. The van der Waals surface area contributed by atoms with E-state index in [0.29, 0.717) is 0 Å². The molecule has 0 aliphatic carbocycles. The van der Waals surface area contributed by atoms with Crippen LogP contribution in [0.25, 0.3) is 0 Å². The maximum atomic E-state index is 7.20. The first kappa shape index (κ1) is 9.54. The van der Waals surface area contributed by atoms with Crippen LogP contribution in [-0.4, -0.2) is 9.50 Å². The summed E-state index contributed by atoms with van der Waals surface area (Å²) < 4.78 is -1.52. The Morgan fingerprint density at radius 2 is 1.67 bits per heavy atom. The zero-order valence-corrected chi connectivity index (χ0v) is 7.48. The fourth-order valence-corrected chi connectivity index (χ4v) is 0.982. The van der Waals surface area contributed by atoms with E-state index in [2.05, 4.69) is 0 Å². The molecule has 0 spiro atoms. The van der Waals surface area contributed by atoms with Crippen molar-refractivity contribution in [2.24, 2.45) is 5.92 Å². The van der Waals surface area contributed by atoms with Crippen molar-refractivity contribution in [3.63, 3.8) is 0 Å². The molecule has 0 radical (unpaired) electrons. The third-order valence-corrected chi connectivity index (χ3v) is 1.49. The predicted molar refractivity (Wildman–Crippen MR) is 42.9 cm³/mol. The van der Waals surface area contributed by atoms with Crippen LogP contribution in [0.15, 0.2) is 0 Å². The van der Waals surface area contributed by atoms with Gasteiger partial charge < -0.3 is 5.41 Å². The van der Waals surface area contributed by atoms with E-state index in [0.717, 1.165) is 0 Å². The molecule has 0 aromatic heterocycles. The molecule has 0 saturated heterocycles. The molecule has 1 nitrogen and oxygen atoms in total. The molecule has 54 valence electrons. The number of rotatable bonds is 1. The Morgan fingerprint density at radius 3 is 1.67 bits per heavy atom. The van der Waals surface area contributed by atoms with E-state index in [1.807, 2.05) is 13.8 Å². The van der Waals surface area contributed by atoms with Gasteiger partial charge in [0.1, 0.15) is 0 Å². The lowest BCUT2D eigenvalue weighted by Crippen LogP contribution is -2.22. The van der Waals surface area contributed by atoms with Crippen molar-refractivity contribution in [2.75, 3.05) is 0 Å². The summed E-state index contributed by atoms with van der Waals surface area (Å²) >= 11 is 16.2. The van der Waals surface area contributed by atoms with Gasteiger partial charge in [0, 0.05) is 0 Å². The van der Waals surface area contributed by atoms with Crippen LogP contribution in [0, 0.1) is 11.3 Å². The number of hydrogen-bond donors (Lipinski definition) is 1. The van der Waals surface area contributed by atoms with Gasteiger partial charge in [-0.1, -0.05) is 48.7 Å². The summed E-state index contributed by atoms with van der Waals surface area (Å²) in [5.74, 6) is -0.00231. The highest BCUT2D eigenvalue weighted by atomic mass is 35.6. The molecule has 0 aliphatic rings. The molecule has 1 N–H and O–H groups in total. The van der Waals surface area contributed by atoms with Gasteiger partial charge in [-0.15, -0.1) is 0 Å². The molecule has 0 aliphatic heterocycles. The van der Waals surface area contributed by atoms with Crippen LogP contribution in [0.4, 0.5) is 0 Å². The Balaban J connectivity index is 4.06. The zero-order valence-electron chi connectivity index (χ0n) is 5.21. The monoisotopic (exact) mass is 187 g/mol. The second-order valence-corrected chi connectivity index (χ2v) is 4.35. The highest BCUT2D eigenvalue weighted by molar-refractivity contribution is 6.76. The lowest BCUT2D eigenvalue weighted by atomic mass is 10.1. The molecule has 0 saturated carbocycles. The molecule has 0 bridgehead atoms.